The minimum absolute atomic E-state index is 0.148. The van der Waals surface area contributed by atoms with Gasteiger partial charge in [0.25, 0.3) is 5.56 Å². The van der Waals surface area contributed by atoms with E-state index in [0.717, 1.165) is 5.69 Å². The molecule has 0 aliphatic carbocycles. The first-order valence-corrected chi connectivity index (χ1v) is 14.3. The number of fused-ring (bicyclic) bond motifs is 2. The molecule has 1 atom stereocenters. The molecule has 3 heterocycles. The number of para-hydroxylation sites is 4. The first-order valence-electron chi connectivity index (χ1n) is 12.9. The summed E-state index contributed by atoms with van der Waals surface area (Å²) in [5, 5.41) is 10.9. The summed E-state index contributed by atoms with van der Waals surface area (Å²) in [6.45, 7) is 0.301. The third-order valence-electron chi connectivity index (χ3n) is 6.73. The van der Waals surface area contributed by atoms with Crippen molar-refractivity contribution in [3.8, 4) is 22.9 Å². The zero-order chi connectivity index (χ0) is 27.8. The Morgan fingerprint density at radius 2 is 1.51 bits per heavy atom. The zero-order valence-electron chi connectivity index (χ0n) is 21.6. The van der Waals surface area contributed by atoms with Crippen molar-refractivity contribution in [2.75, 3.05) is 6.61 Å². The highest BCUT2D eigenvalue weighted by Crippen LogP contribution is 2.37. The van der Waals surface area contributed by atoms with E-state index in [1.54, 1.807) is 22.8 Å². The molecule has 0 bridgehead atoms. The lowest BCUT2D eigenvalue weighted by Gasteiger charge is -2.26. The molecule has 1 aliphatic heterocycles. The number of hydrogen-bond donors (Lipinski definition) is 0. The van der Waals surface area contributed by atoms with Gasteiger partial charge in [-0.05, 0) is 60.7 Å². The number of hydrogen-bond acceptors (Lipinski definition) is 7. The van der Waals surface area contributed by atoms with Crippen LogP contribution in [0.25, 0.3) is 22.3 Å². The number of thioether (sulfide) groups is 1. The fraction of sp³-hybridized carbons (Fsp3) is 0.0968. The van der Waals surface area contributed by atoms with Crippen LogP contribution in [-0.2, 0) is 5.75 Å². The molecule has 0 saturated carbocycles. The Hall–Kier alpha value is -4.60. The van der Waals surface area contributed by atoms with Crippen LogP contribution in [0.5, 0.6) is 11.5 Å². The topological polar surface area (TPSA) is 84.1 Å². The predicted molar refractivity (Wildman–Crippen MR) is 159 cm³/mol. The summed E-state index contributed by atoms with van der Waals surface area (Å²) >= 11 is 7.58. The Balaban J connectivity index is 1.29. The van der Waals surface area contributed by atoms with Crippen LogP contribution < -0.4 is 15.0 Å². The predicted octanol–water partition coefficient (Wildman–Crippen LogP) is 6.42. The van der Waals surface area contributed by atoms with E-state index in [1.807, 2.05) is 89.5 Å². The molecule has 7 rings (SSSR count). The van der Waals surface area contributed by atoms with E-state index < -0.39 is 6.10 Å². The molecule has 0 saturated heterocycles. The van der Waals surface area contributed by atoms with Crippen LogP contribution in [0.2, 0.25) is 5.02 Å². The first-order chi connectivity index (χ1) is 20.2. The molecule has 4 aromatic carbocycles. The summed E-state index contributed by atoms with van der Waals surface area (Å²) in [7, 11) is 0. The van der Waals surface area contributed by atoms with Gasteiger partial charge in [-0.25, -0.2) is 4.98 Å². The Morgan fingerprint density at radius 3 is 2.34 bits per heavy atom. The third-order valence-corrected chi connectivity index (χ3v) is 7.91. The number of halogens is 1. The Morgan fingerprint density at radius 1 is 0.805 bits per heavy atom. The van der Waals surface area contributed by atoms with Crippen molar-refractivity contribution in [2.45, 2.75) is 17.0 Å². The van der Waals surface area contributed by atoms with Crippen molar-refractivity contribution in [3.05, 3.63) is 130 Å². The number of benzene rings is 4. The first kappa shape index (κ1) is 25.4. The maximum atomic E-state index is 13.7. The summed E-state index contributed by atoms with van der Waals surface area (Å²) in [6, 6.07) is 32.0. The van der Waals surface area contributed by atoms with Crippen LogP contribution >= 0.6 is 23.4 Å². The van der Waals surface area contributed by atoms with Gasteiger partial charge in [0.2, 0.25) is 0 Å². The van der Waals surface area contributed by atoms with Crippen LogP contribution in [0.3, 0.4) is 0 Å². The zero-order valence-corrected chi connectivity index (χ0v) is 23.1. The fourth-order valence-corrected chi connectivity index (χ4v) is 5.82. The standard InChI is InChI=1S/C31H22ClN5O3S/c32-20-14-16-22(17-15-20)36-28(33-24-11-5-4-10-23(24)30(36)38)19-41-31-35-34-29(37(31)21-8-2-1-3-9-21)27-18-39-25-12-6-7-13-26(25)40-27/h1-17,27H,18-19H2/t27-/m1/s1. The molecular formula is C31H22ClN5O3S. The van der Waals surface area contributed by atoms with E-state index >= 15 is 0 Å². The number of nitrogens with zero attached hydrogens (tertiary/aromatic N) is 5. The van der Waals surface area contributed by atoms with E-state index in [-0.39, 0.29) is 5.56 Å². The van der Waals surface area contributed by atoms with Gasteiger partial charge >= 0.3 is 0 Å². The van der Waals surface area contributed by atoms with Gasteiger partial charge in [0, 0.05) is 10.7 Å². The summed E-state index contributed by atoms with van der Waals surface area (Å²) in [6.07, 6.45) is -0.460. The minimum atomic E-state index is -0.460. The molecule has 0 fully saturated rings. The molecule has 0 radical (unpaired) electrons. The summed E-state index contributed by atoms with van der Waals surface area (Å²) < 4.78 is 15.9. The molecule has 0 unspecified atom stereocenters. The molecule has 6 aromatic rings. The van der Waals surface area contributed by atoms with Crippen molar-refractivity contribution in [2.24, 2.45) is 0 Å². The lowest BCUT2D eigenvalue weighted by molar-refractivity contribution is 0.0835. The van der Waals surface area contributed by atoms with E-state index in [1.165, 1.54) is 11.8 Å². The molecule has 202 valence electrons. The van der Waals surface area contributed by atoms with Gasteiger partial charge in [0.1, 0.15) is 12.4 Å². The van der Waals surface area contributed by atoms with Crippen molar-refractivity contribution in [1.82, 2.24) is 24.3 Å². The van der Waals surface area contributed by atoms with Gasteiger partial charge in [-0.2, -0.15) is 0 Å². The molecule has 10 heteroatoms. The second-order valence-corrected chi connectivity index (χ2v) is 10.7. The van der Waals surface area contributed by atoms with E-state index in [4.69, 9.17) is 26.1 Å². The molecule has 41 heavy (non-hydrogen) atoms. The average molecular weight is 580 g/mol. The molecule has 1 aliphatic rings. The van der Waals surface area contributed by atoms with Crippen molar-refractivity contribution >= 4 is 34.3 Å². The lowest BCUT2D eigenvalue weighted by Crippen LogP contribution is -2.25. The number of rotatable bonds is 6. The van der Waals surface area contributed by atoms with Gasteiger partial charge < -0.3 is 9.47 Å². The van der Waals surface area contributed by atoms with Crippen LogP contribution in [-0.4, -0.2) is 30.9 Å². The highest BCUT2D eigenvalue weighted by atomic mass is 35.5. The van der Waals surface area contributed by atoms with Crippen LogP contribution in [0.15, 0.2) is 113 Å². The number of ether oxygens (including phenoxy) is 2. The highest BCUT2D eigenvalue weighted by Gasteiger charge is 2.29. The molecule has 0 spiro atoms. The van der Waals surface area contributed by atoms with Crippen LogP contribution in [0, 0.1) is 0 Å². The second kappa shape index (κ2) is 10.8. The van der Waals surface area contributed by atoms with Gasteiger partial charge in [-0.3, -0.25) is 13.9 Å². The van der Waals surface area contributed by atoms with Gasteiger partial charge in [-0.15, -0.1) is 10.2 Å². The molecular weight excluding hydrogens is 558 g/mol. The maximum absolute atomic E-state index is 13.7. The van der Waals surface area contributed by atoms with E-state index in [2.05, 4.69) is 10.2 Å². The van der Waals surface area contributed by atoms with Crippen molar-refractivity contribution in [3.63, 3.8) is 0 Å². The number of aromatic nitrogens is 5. The monoisotopic (exact) mass is 579 g/mol. The Labute approximate surface area is 244 Å². The SMILES string of the molecule is O=c1c2ccccc2nc(CSc2nnc([C@H]3COc4ccccc4O3)n2-c2ccccc2)n1-c1ccc(Cl)cc1. The summed E-state index contributed by atoms with van der Waals surface area (Å²) in [5.41, 5.74) is 2.06. The smallest absolute Gasteiger partial charge is 0.265 e. The molecule has 8 nitrogen and oxygen atoms in total. The summed E-state index contributed by atoms with van der Waals surface area (Å²) in [5.74, 6) is 2.92. The van der Waals surface area contributed by atoms with E-state index in [0.29, 0.717) is 62.3 Å². The fourth-order valence-electron chi connectivity index (χ4n) is 4.81. The third kappa shape index (κ3) is 4.83. The minimum Gasteiger partial charge on any atom is -0.485 e. The molecule has 2 aromatic heterocycles. The quantitative estimate of drug-likeness (QED) is 0.210. The normalized spacial score (nSPS) is 14.3. The van der Waals surface area contributed by atoms with Crippen LogP contribution in [0.4, 0.5) is 0 Å². The van der Waals surface area contributed by atoms with Gasteiger partial charge in [0.15, 0.2) is 28.6 Å². The Bertz CT molecular complexity index is 1930. The molecule has 0 N–H and O–H groups in total. The van der Waals surface area contributed by atoms with Gasteiger partial charge in [-0.1, -0.05) is 65.8 Å². The van der Waals surface area contributed by atoms with E-state index in [9.17, 15) is 4.79 Å². The average Bonchev–Trinajstić information content (AvgIpc) is 3.45. The Kier molecular flexibility index (Phi) is 6.66. The lowest BCUT2D eigenvalue weighted by atomic mass is 10.2. The molecule has 0 amide bonds. The second-order valence-electron chi connectivity index (χ2n) is 9.33. The van der Waals surface area contributed by atoms with Crippen LogP contribution in [0.1, 0.15) is 17.8 Å². The van der Waals surface area contributed by atoms with Crippen molar-refractivity contribution in [1.29, 1.82) is 0 Å². The largest absolute Gasteiger partial charge is 0.485 e. The highest BCUT2D eigenvalue weighted by molar-refractivity contribution is 7.98. The van der Waals surface area contributed by atoms with Gasteiger partial charge in [0.05, 0.1) is 22.3 Å². The summed E-state index contributed by atoms with van der Waals surface area (Å²) in [4.78, 5) is 18.5. The van der Waals surface area contributed by atoms with Crippen molar-refractivity contribution < 1.29 is 9.47 Å². The maximum Gasteiger partial charge on any atom is 0.265 e.